The van der Waals surface area contributed by atoms with E-state index in [1.54, 1.807) is 36.5 Å². The number of amides is 1. The second-order valence-corrected chi connectivity index (χ2v) is 5.16. The molecule has 0 spiro atoms. The first-order valence-corrected chi connectivity index (χ1v) is 6.71. The Labute approximate surface area is 123 Å². The number of nitrogens with one attached hydrogen (secondary N) is 2. The maximum absolute atomic E-state index is 12.1. The Bertz CT molecular complexity index is 596. The zero-order valence-electron chi connectivity index (χ0n) is 11.4. The fraction of sp³-hybridized carbons (Fsp3) is 0.200. The minimum Gasteiger partial charge on any atom is -0.382 e. The maximum Gasteiger partial charge on any atom is 0.257 e. The van der Waals surface area contributed by atoms with E-state index in [1.807, 2.05) is 13.8 Å². The molecule has 4 nitrogen and oxygen atoms in total. The Balaban J connectivity index is 2.10. The maximum atomic E-state index is 12.1. The highest BCUT2D eigenvalue weighted by molar-refractivity contribution is 6.30. The zero-order chi connectivity index (χ0) is 14.5. The van der Waals surface area contributed by atoms with E-state index in [0.29, 0.717) is 16.3 Å². The van der Waals surface area contributed by atoms with Crippen molar-refractivity contribution in [3.05, 3.63) is 53.3 Å². The average molecular weight is 290 g/mol. The second kappa shape index (κ2) is 6.39. The molecular weight excluding hydrogens is 274 g/mol. The molecule has 0 fully saturated rings. The van der Waals surface area contributed by atoms with Gasteiger partial charge in [0.05, 0.1) is 11.3 Å². The Morgan fingerprint density at radius 3 is 2.50 bits per heavy atom. The number of halogens is 1. The van der Waals surface area contributed by atoms with Crippen LogP contribution in [-0.2, 0) is 0 Å². The molecule has 2 aromatic rings. The van der Waals surface area contributed by atoms with Gasteiger partial charge in [0.1, 0.15) is 0 Å². The summed E-state index contributed by atoms with van der Waals surface area (Å²) in [5.74, 6) is -0.202. The predicted molar refractivity (Wildman–Crippen MR) is 82.4 cm³/mol. The van der Waals surface area contributed by atoms with Gasteiger partial charge in [-0.1, -0.05) is 11.6 Å². The van der Waals surface area contributed by atoms with Crippen LogP contribution >= 0.6 is 11.6 Å². The average Bonchev–Trinajstić information content (AvgIpc) is 2.41. The van der Waals surface area contributed by atoms with Crippen molar-refractivity contribution in [2.24, 2.45) is 0 Å². The van der Waals surface area contributed by atoms with Gasteiger partial charge in [-0.2, -0.15) is 0 Å². The van der Waals surface area contributed by atoms with E-state index in [1.165, 1.54) is 6.20 Å². The van der Waals surface area contributed by atoms with Gasteiger partial charge in [-0.3, -0.25) is 9.78 Å². The summed E-state index contributed by atoms with van der Waals surface area (Å²) in [6.45, 7) is 4.06. The van der Waals surface area contributed by atoms with E-state index in [0.717, 1.165) is 5.69 Å². The third-order valence-electron chi connectivity index (χ3n) is 2.56. The molecule has 0 saturated carbocycles. The second-order valence-electron chi connectivity index (χ2n) is 4.72. The normalized spacial score (nSPS) is 10.4. The van der Waals surface area contributed by atoms with Crippen molar-refractivity contribution in [1.29, 1.82) is 0 Å². The van der Waals surface area contributed by atoms with Crippen LogP contribution in [0, 0.1) is 0 Å². The van der Waals surface area contributed by atoms with Crippen LogP contribution in [0.5, 0.6) is 0 Å². The van der Waals surface area contributed by atoms with Gasteiger partial charge in [-0.15, -0.1) is 0 Å². The molecule has 1 amide bonds. The number of anilines is 2. The minimum absolute atomic E-state index is 0.202. The lowest BCUT2D eigenvalue weighted by Gasteiger charge is -2.11. The lowest BCUT2D eigenvalue weighted by molar-refractivity contribution is 0.102. The molecule has 20 heavy (non-hydrogen) atoms. The number of pyridine rings is 1. The van der Waals surface area contributed by atoms with Gasteiger partial charge in [0, 0.05) is 29.1 Å². The van der Waals surface area contributed by atoms with Crippen LogP contribution in [0.4, 0.5) is 11.4 Å². The van der Waals surface area contributed by atoms with E-state index >= 15 is 0 Å². The number of rotatable bonds is 4. The van der Waals surface area contributed by atoms with Crippen LogP contribution in [0.25, 0.3) is 0 Å². The number of carbonyl (C=O) groups is 1. The number of hydrogen-bond donors (Lipinski definition) is 2. The van der Waals surface area contributed by atoms with E-state index < -0.39 is 0 Å². The highest BCUT2D eigenvalue weighted by Crippen LogP contribution is 2.15. The molecule has 0 aliphatic heterocycles. The SMILES string of the molecule is CC(C)Nc1cncc(C(=O)Nc2ccc(Cl)cc2)c1. The summed E-state index contributed by atoms with van der Waals surface area (Å²) in [6, 6.07) is 9.02. The number of nitrogens with zero attached hydrogens (tertiary/aromatic N) is 1. The number of aromatic nitrogens is 1. The van der Waals surface area contributed by atoms with Crippen molar-refractivity contribution in [1.82, 2.24) is 4.98 Å². The first-order chi connectivity index (χ1) is 9.54. The highest BCUT2D eigenvalue weighted by atomic mass is 35.5. The topological polar surface area (TPSA) is 54.0 Å². The fourth-order valence-corrected chi connectivity index (χ4v) is 1.84. The molecule has 1 aromatic carbocycles. The first kappa shape index (κ1) is 14.3. The van der Waals surface area contributed by atoms with Gasteiger partial charge >= 0.3 is 0 Å². The van der Waals surface area contributed by atoms with Gasteiger partial charge in [-0.05, 0) is 44.2 Å². The van der Waals surface area contributed by atoms with Gasteiger partial charge < -0.3 is 10.6 Å². The Morgan fingerprint density at radius 1 is 1.15 bits per heavy atom. The lowest BCUT2D eigenvalue weighted by Crippen LogP contribution is -2.14. The van der Waals surface area contributed by atoms with Crippen molar-refractivity contribution < 1.29 is 4.79 Å². The third-order valence-corrected chi connectivity index (χ3v) is 2.81. The van der Waals surface area contributed by atoms with Crippen LogP contribution in [0.15, 0.2) is 42.7 Å². The molecule has 1 aromatic heterocycles. The van der Waals surface area contributed by atoms with E-state index in [9.17, 15) is 4.79 Å². The van der Waals surface area contributed by atoms with Crippen LogP contribution in [0.1, 0.15) is 24.2 Å². The third kappa shape index (κ3) is 3.96. The van der Waals surface area contributed by atoms with E-state index in [4.69, 9.17) is 11.6 Å². The van der Waals surface area contributed by atoms with Crippen LogP contribution in [-0.4, -0.2) is 16.9 Å². The molecule has 0 saturated heterocycles. The Kier molecular flexibility index (Phi) is 4.58. The Hall–Kier alpha value is -2.07. The molecule has 0 radical (unpaired) electrons. The number of hydrogen-bond acceptors (Lipinski definition) is 3. The molecule has 1 heterocycles. The summed E-state index contributed by atoms with van der Waals surface area (Å²) < 4.78 is 0. The molecular formula is C15H16ClN3O. The van der Waals surface area contributed by atoms with Crippen LogP contribution < -0.4 is 10.6 Å². The van der Waals surface area contributed by atoms with E-state index in [2.05, 4.69) is 15.6 Å². The number of carbonyl (C=O) groups excluding carboxylic acids is 1. The van der Waals surface area contributed by atoms with Crippen molar-refractivity contribution in [3.8, 4) is 0 Å². The van der Waals surface area contributed by atoms with Crippen molar-refractivity contribution >= 4 is 28.9 Å². The molecule has 5 heteroatoms. The molecule has 0 atom stereocenters. The van der Waals surface area contributed by atoms with Crippen molar-refractivity contribution in [2.75, 3.05) is 10.6 Å². The lowest BCUT2D eigenvalue weighted by atomic mass is 10.2. The summed E-state index contributed by atoms with van der Waals surface area (Å²) in [4.78, 5) is 16.2. The van der Waals surface area contributed by atoms with Crippen molar-refractivity contribution in [2.45, 2.75) is 19.9 Å². The van der Waals surface area contributed by atoms with E-state index in [-0.39, 0.29) is 11.9 Å². The Morgan fingerprint density at radius 2 is 1.85 bits per heavy atom. The number of benzene rings is 1. The molecule has 0 aliphatic rings. The molecule has 104 valence electrons. The van der Waals surface area contributed by atoms with Gasteiger partial charge in [0.2, 0.25) is 0 Å². The van der Waals surface area contributed by atoms with Gasteiger partial charge in [-0.25, -0.2) is 0 Å². The molecule has 0 aliphatic carbocycles. The quantitative estimate of drug-likeness (QED) is 0.900. The van der Waals surface area contributed by atoms with Gasteiger partial charge in [0.15, 0.2) is 0 Å². The molecule has 2 rings (SSSR count). The molecule has 2 N–H and O–H groups in total. The summed E-state index contributed by atoms with van der Waals surface area (Å²) in [5, 5.41) is 6.64. The van der Waals surface area contributed by atoms with Gasteiger partial charge in [0.25, 0.3) is 5.91 Å². The minimum atomic E-state index is -0.202. The van der Waals surface area contributed by atoms with Crippen LogP contribution in [0.2, 0.25) is 5.02 Å². The monoisotopic (exact) mass is 289 g/mol. The standard InChI is InChI=1S/C15H16ClN3O/c1-10(2)18-14-7-11(8-17-9-14)15(20)19-13-5-3-12(16)4-6-13/h3-10,18H,1-2H3,(H,19,20). The summed E-state index contributed by atoms with van der Waals surface area (Å²) in [5.41, 5.74) is 2.02. The zero-order valence-corrected chi connectivity index (χ0v) is 12.1. The molecule has 0 unspecified atom stereocenters. The summed E-state index contributed by atoms with van der Waals surface area (Å²) in [6.07, 6.45) is 3.23. The van der Waals surface area contributed by atoms with Crippen LogP contribution in [0.3, 0.4) is 0 Å². The predicted octanol–water partition coefficient (Wildman–Crippen LogP) is 3.81. The smallest absolute Gasteiger partial charge is 0.257 e. The first-order valence-electron chi connectivity index (χ1n) is 6.33. The van der Waals surface area contributed by atoms with Crippen molar-refractivity contribution in [3.63, 3.8) is 0 Å². The fourth-order valence-electron chi connectivity index (χ4n) is 1.71. The summed E-state index contributed by atoms with van der Waals surface area (Å²) in [7, 11) is 0. The largest absolute Gasteiger partial charge is 0.382 e. The summed E-state index contributed by atoms with van der Waals surface area (Å²) >= 11 is 5.80. The highest BCUT2D eigenvalue weighted by Gasteiger charge is 2.08. The molecule has 0 bridgehead atoms.